The number of ether oxygens (including phenoxy) is 1. The molecule has 1 aliphatic rings. The van der Waals surface area contributed by atoms with Crippen molar-refractivity contribution >= 4 is 0 Å². The average Bonchev–Trinajstić information content (AvgIpc) is 2.36. The van der Waals surface area contributed by atoms with Crippen molar-refractivity contribution in [3.05, 3.63) is 60.4 Å². The first-order valence-electron chi connectivity index (χ1n) is 6.30. The van der Waals surface area contributed by atoms with Gasteiger partial charge in [-0.1, -0.05) is 30.3 Å². The molecule has 2 heterocycles. The Bertz CT molecular complexity index is 509. The Morgan fingerprint density at radius 1 is 1.11 bits per heavy atom. The van der Waals surface area contributed by atoms with Gasteiger partial charge >= 0.3 is 0 Å². The van der Waals surface area contributed by atoms with Crippen LogP contribution < -0.4 is 14.6 Å². The van der Waals surface area contributed by atoms with Crippen LogP contribution in [0.1, 0.15) is 5.56 Å². The van der Waals surface area contributed by atoms with Gasteiger partial charge in [-0.15, -0.1) is 0 Å². The van der Waals surface area contributed by atoms with Crippen LogP contribution in [-0.2, 0) is 6.54 Å². The van der Waals surface area contributed by atoms with Crippen molar-refractivity contribution in [2.45, 2.75) is 12.6 Å². The minimum atomic E-state index is 0.331. The van der Waals surface area contributed by atoms with Gasteiger partial charge in [-0.3, -0.25) is 0 Å². The van der Waals surface area contributed by atoms with E-state index >= 15 is 0 Å². The van der Waals surface area contributed by atoms with Crippen molar-refractivity contribution < 1.29 is 9.30 Å². The first kappa shape index (κ1) is 11.2. The maximum Gasteiger partial charge on any atom is 0.211 e. The minimum absolute atomic E-state index is 0.331. The third-order valence-electron chi connectivity index (χ3n) is 3.09. The fourth-order valence-electron chi connectivity index (χ4n) is 2.00. The van der Waals surface area contributed by atoms with Crippen LogP contribution in [0.15, 0.2) is 54.9 Å². The zero-order chi connectivity index (χ0) is 12.2. The third-order valence-corrected chi connectivity index (χ3v) is 3.09. The molecule has 3 rings (SSSR count). The number of rotatable bonds is 4. The molecular formula is C15H17N2O+. The third kappa shape index (κ3) is 2.68. The van der Waals surface area contributed by atoms with E-state index in [-0.39, 0.29) is 0 Å². The molecule has 0 unspecified atom stereocenters. The molecule has 1 aromatic heterocycles. The van der Waals surface area contributed by atoms with Crippen molar-refractivity contribution in [1.29, 1.82) is 0 Å². The summed E-state index contributed by atoms with van der Waals surface area (Å²) in [5, 5.41) is 3.20. The smallest absolute Gasteiger partial charge is 0.211 e. The average molecular weight is 241 g/mol. The zero-order valence-electron chi connectivity index (χ0n) is 10.3. The summed E-state index contributed by atoms with van der Waals surface area (Å²) in [6.45, 7) is 2.78. The lowest BCUT2D eigenvalue weighted by atomic mass is 10.2. The normalized spacial score (nSPS) is 15.1. The molecule has 1 fully saturated rings. The predicted molar refractivity (Wildman–Crippen MR) is 69.5 cm³/mol. The van der Waals surface area contributed by atoms with Gasteiger partial charge in [0.25, 0.3) is 0 Å². The second-order valence-corrected chi connectivity index (χ2v) is 4.60. The molecular weight excluding hydrogens is 224 g/mol. The fraction of sp³-hybridized carbons (Fsp3) is 0.267. The Morgan fingerprint density at radius 2 is 1.94 bits per heavy atom. The summed E-state index contributed by atoms with van der Waals surface area (Å²) in [5.74, 6) is 0.944. The molecule has 0 aliphatic carbocycles. The molecule has 1 aromatic carbocycles. The lowest BCUT2D eigenvalue weighted by Gasteiger charge is -2.27. The van der Waals surface area contributed by atoms with E-state index in [9.17, 15) is 0 Å². The minimum Gasteiger partial charge on any atom is -0.482 e. The van der Waals surface area contributed by atoms with Crippen LogP contribution in [0.4, 0.5) is 0 Å². The van der Waals surface area contributed by atoms with Gasteiger partial charge in [-0.05, 0) is 6.07 Å². The Labute approximate surface area is 107 Å². The number of hydrogen-bond acceptors (Lipinski definition) is 2. The highest BCUT2D eigenvalue weighted by atomic mass is 16.5. The van der Waals surface area contributed by atoms with Crippen LogP contribution in [-0.4, -0.2) is 19.2 Å². The molecule has 92 valence electrons. The highest BCUT2D eigenvalue weighted by Crippen LogP contribution is 2.10. The van der Waals surface area contributed by atoms with Crippen molar-refractivity contribution in [2.75, 3.05) is 13.1 Å². The Kier molecular flexibility index (Phi) is 3.24. The molecule has 0 amide bonds. The maximum atomic E-state index is 5.85. The molecule has 0 radical (unpaired) electrons. The molecule has 0 spiro atoms. The highest BCUT2D eigenvalue weighted by molar-refractivity contribution is 5.15. The SMILES string of the molecule is c1ccc(C[n+]2cccc(OC3CNC3)c2)cc1. The van der Waals surface area contributed by atoms with Crippen molar-refractivity contribution in [1.82, 2.24) is 5.32 Å². The van der Waals surface area contributed by atoms with Gasteiger partial charge in [0.05, 0.1) is 0 Å². The Balaban J connectivity index is 1.70. The molecule has 3 heteroatoms. The van der Waals surface area contributed by atoms with Crippen LogP contribution in [0.2, 0.25) is 0 Å². The highest BCUT2D eigenvalue weighted by Gasteiger charge is 2.19. The van der Waals surface area contributed by atoms with Crippen molar-refractivity contribution in [3.8, 4) is 5.75 Å². The van der Waals surface area contributed by atoms with Crippen LogP contribution in [0, 0.1) is 0 Å². The number of aromatic nitrogens is 1. The van der Waals surface area contributed by atoms with Crippen LogP contribution >= 0.6 is 0 Å². The summed E-state index contributed by atoms with van der Waals surface area (Å²) in [6, 6.07) is 14.5. The van der Waals surface area contributed by atoms with Crippen LogP contribution in [0.25, 0.3) is 0 Å². The van der Waals surface area contributed by atoms with Crippen LogP contribution in [0.3, 0.4) is 0 Å². The quantitative estimate of drug-likeness (QED) is 0.818. The van der Waals surface area contributed by atoms with Crippen molar-refractivity contribution in [3.63, 3.8) is 0 Å². The monoisotopic (exact) mass is 241 g/mol. The summed E-state index contributed by atoms with van der Waals surface area (Å²) in [6.07, 6.45) is 4.46. The lowest BCUT2D eigenvalue weighted by Crippen LogP contribution is -2.50. The molecule has 18 heavy (non-hydrogen) atoms. The molecule has 0 bridgehead atoms. The second kappa shape index (κ2) is 5.19. The van der Waals surface area contributed by atoms with E-state index in [0.29, 0.717) is 6.10 Å². The van der Waals surface area contributed by atoms with Gasteiger partial charge in [0.1, 0.15) is 6.10 Å². The van der Waals surface area contributed by atoms with Gasteiger partial charge in [-0.25, -0.2) is 0 Å². The first-order valence-corrected chi connectivity index (χ1v) is 6.30. The van der Waals surface area contributed by atoms with Crippen LogP contribution in [0.5, 0.6) is 5.75 Å². The number of benzene rings is 1. The largest absolute Gasteiger partial charge is 0.482 e. The summed E-state index contributed by atoms with van der Waals surface area (Å²) < 4.78 is 7.99. The number of nitrogens with zero attached hydrogens (tertiary/aromatic N) is 1. The van der Waals surface area contributed by atoms with E-state index < -0.39 is 0 Å². The fourth-order valence-corrected chi connectivity index (χ4v) is 2.00. The summed E-state index contributed by atoms with van der Waals surface area (Å²) >= 11 is 0. The molecule has 1 aliphatic heterocycles. The summed E-state index contributed by atoms with van der Waals surface area (Å²) in [4.78, 5) is 0. The van der Waals surface area contributed by atoms with E-state index in [2.05, 4.69) is 46.5 Å². The molecule has 3 nitrogen and oxygen atoms in total. The van der Waals surface area contributed by atoms with E-state index in [1.807, 2.05) is 18.2 Å². The van der Waals surface area contributed by atoms with E-state index in [4.69, 9.17) is 4.74 Å². The molecule has 1 saturated heterocycles. The summed E-state index contributed by atoms with van der Waals surface area (Å²) in [7, 11) is 0. The standard InChI is InChI=1S/C15H17N2O/c1-2-5-13(6-3-1)11-17-8-4-7-14(12-17)18-15-9-16-10-15/h1-8,12,15-16H,9-11H2/q+1. The lowest BCUT2D eigenvalue weighted by molar-refractivity contribution is -0.688. The molecule has 1 N–H and O–H groups in total. The van der Waals surface area contributed by atoms with Gasteiger partial charge in [0, 0.05) is 24.7 Å². The number of pyridine rings is 1. The Morgan fingerprint density at radius 3 is 2.67 bits per heavy atom. The van der Waals surface area contributed by atoms with E-state index in [0.717, 1.165) is 25.4 Å². The predicted octanol–water partition coefficient (Wildman–Crippen LogP) is 1.37. The molecule has 0 atom stereocenters. The first-order chi connectivity index (χ1) is 8.90. The maximum absolute atomic E-state index is 5.85. The number of hydrogen-bond donors (Lipinski definition) is 1. The van der Waals surface area contributed by atoms with Gasteiger partial charge < -0.3 is 10.1 Å². The van der Waals surface area contributed by atoms with Gasteiger partial charge in [-0.2, -0.15) is 4.57 Å². The zero-order valence-corrected chi connectivity index (χ0v) is 10.3. The molecule has 2 aromatic rings. The van der Waals surface area contributed by atoms with E-state index in [1.165, 1.54) is 5.56 Å². The van der Waals surface area contributed by atoms with Gasteiger partial charge in [0.2, 0.25) is 6.20 Å². The van der Waals surface area contributed by atoms with E-state index in [1.54, 1.807) is 0 Å². The topological polar surface area (TPSA) is 25.1 Å². The summed E-state index contributed by atoms with van der Waals surface area (Å²) in [5.41, 5.74) is 1.30. The van der Waals surface area contributed by atoms with Crippen molar-refractivity contribution in [2.24, 2.45) is 0 Å². The van der Waals surface area contributed by atoms with Gasteiger partial charge in [0.15, 0.2) is 18.5 Å². The number of nitrogens with one attached hydrogen (secondary N) is 1. The second-order valence-electron chi connectivity index (χ2n) is 4.60. The molecule has 0 saturated carbocycles. The Hall–Kier alpha value is -1.87.